The van der Waals surface area contributed by atoms with Crippen molar-refractivity contribution in [2.24, 2.45) is 0 Å². The van der Waals surface area contributed by atoms with E-state index in [0.29, 0.717) is 0 Å². The van der Waals surface area contributed by atoms with E-state index in [2.05, 4.69) is 86.0 Å². The summed E-state index contributed by atoms with van der Waals surface area (Å²) in [6.45, 7) is 7.00. The Morgan fingerprint density at radius 3 is 0.625 bits per heavy atom. The van der Waals surface area contributed by atoms with Crippen molar-refractivity contribution in [1.29, 1.82) is 10.5 Å². The van der Waals surface area contributed by atoms with Gasteiger partial charge in [0, 0.05) is 13.1 Å². The Bertz CT molecular complexity index is 889. The first-order valence-corrected chi connectivity index (χ1v) is 9.98. The van der Waals surface area contributed by atoms with Crippen LogP contribution in [-0.2, 0) is 0 Å². The molecule has 156 valence electrons. The molecule has 4 aromatic carbocycles. The molecule has 2 heteroatoms. The van der Waals surface area contributed by atoms with Crippen LogP contribution in [0.2, 0.25) is 0 Å². The van der Waals surface area contributed by atoms with Crippen LogP contribution in [0.15, 0.2) is 121 Å². The van der Waals surface area contributed by atoms with Gasteiger partial charge in [-0.25, -0.2) is 10.5 Å². The molecular weight excluding hydrogens is 388 g/mol. The van der Waals surface area contributed by atoms with Gasteiger partial charge in [0.25, 0.3) is 0 Å². The molecule has 0 saturated heterocycles. The minimum Gasteiger partial charge on any atom is -0.202 e. The zero-order chi connectivity index (χ0) is 23.3. The number of rotatable bonds is 4. The van der Waals surface area contributed by atoms with E-state index in [4.69, 9.17) is 10.5 Å². The molecule has 0 bridgehead atoms. The monoisotopic (exact) mass is 414 g/mol. The Morgan fingerprint density at radius 1 is 0.312 bits per heavy atom. The van der Waals surface area contributed by atoms with Crippen molar-refractivity contribution in [2.45, 2.75) is 0 Å². The summed E-state index contributed by atoms with van der Waals surface area (Å²) >= 11 is 0. The molecule has 0 N–H and O–H groups in total. The second-order valence-electron chi connectivity index (χ2n) is 6.31. The molecule has 0 aliphatic heterocycles. The average molecular weight is 415 g/mol. The molecule has 0 amide bonds. The predicted octanol–water partition coefficient (Wildman–Crippen LogP) is 7.99. The minimum atomic E-state index is 1.23. The Balaban J connectivity index is 0.000000277. The molecular formula is C30H26N2. The normalized spacial score (nSPS) is 9.38. The molecule has 2 nitrogen and oxygen atoms in total. The van der Waals surface area contributed by atoms with Gasteiger partial charge in [0.1, 0.15) is 0 Å². The summed E-state index contributed by atoms with van der Waals surface area (Å²) in [4.78, 5) is 0. The molecule has 32 heavy (non-hydrogen) atoms. The fraction of sp³-hybridized carbons (Fsp3) is 0. The molecule has 0 heterocycles. The van der Waals surface area contributed by atoms with Crippen molar-refractivity contribution >= 4 is 24.3 Å². The van der Waals surface area contributed by atoms with Crippen LogP contribution >= 0.6 is 0 Å². The lowest BCUT2D eigenvalue weighted by Crippen LogP contribution is -1.70. The Labute approximate surface area is 191 Å². The number of hydrogen-bond acceptors (Lipinski definition) is 2. The van der Waals surface area contributed by atoms with Crippen LogP contribution in [0.25, 0.3) is 24.3 Å². The third kappa shape index (κ3) is 10.8. The van der Waals surface area contributed by atoms with Crippen LogP contribution in [0.4, 0.5) is 0 Å². The Hall–Kier alpha value is -4.66. The molecule has 4 rings (SSSR count). The predicted molar refractivity (Wildman–Crippen MR) is 137 cm³/mol. The van der Waals surface area contributed by atoms with Gasteiger partial charge in [-0.05, 0) is 22.3 Å². The summed E-state index contributed by atoms with van der Waals surface area (Å²) in [5.41, 5.74) is 4.93. The third-order valence-electron chi connectivity index (χ3n) is 4.13. The van der Waals surface area contributed by atoms with Crippen LogP contribution in [0, 0.1) is 23.7 Å². The SMILES string of the molecule is C#N.C#N.C(=C\c1ccccc1)/c1ccccc1.C(=C\c1ccccc1)/c1ccccc1. The molecule has 0 aliphatic carbocycles. The van der Waals surface area contributed by atoms with Crippen molar-refractivity contribution in [2.75, 3.05) is 0 Å². The molecule has 0 spiro atoms. The van der Waals surface area contributed by atoms with Gasteiger partial charge in [0.05, 0.1) is 0 Å². The lowest BCUT2D eigenvalue weighted by atomic mass is 10.1. The van der Waals surface area contributed by atoms with E-state index in [9.17, 15) is 0 Å². The standard InChI is InChI=1S/2C14H12.2CHN/c2*1-3-7-13(8-4-1)11-12-14-9-5-2-6-10-14;2*1-2/h2*1-12H;2*1H/b2*12-11+;;. The number of nitriles is 2. The van der Waals surface area contributed by atoms with E-state index in [-0.39, 0.29) is 0 Å². The molecule has 4 aromatic rings. The molecule has 0 aromatic heterocycles. The highest BCUT2D eigenvalue weighted by atomic mass is 14.2. The maximum atomic E-state index is 6.50. The topological polar surface area (TPSA) is 47.6 Å². The smallest absolute Gasteiger partial charge is 0.0462 e. The van der Waals surface area contributed by atoms with Crippen molar-refractivity contribution in [3.05, 3.63) is 144 Å². The summed E-state index contributed by atoms with van der Waals surface area (Å²) in [6.07, 6.45) is 8.48. The van der Waals surface area contributed by atoms with E-state index in [1.54, 1.807) is 0 Å². The molecule has 0 atom stereocenters. The van der Waals surface area contributed by atoms with Gasteiger partial charge in [-0.15, -0.1) is 0 Å². The second-order valence-corrected chi connectivity index (χ2v) is 6.31. The second kappa shape index (κ2) is 17.2. The summed E-state index contributed by atoms with van der Waals surface area (Å²) < 4.78 is 0. The number of benzene rings is 4. The van der Waals surface area contributed by atoms with E-state index in [1.807, 2.05) is 72.8 Å². The number of nitrogens with zero attached hydrogens (tertiary/aromatic N) is 2. The van der Waals surface area contributed by atoms with Gasteiger partial charge in [-0.1, -0.05) is 146 Å². The first-order chi connectivity index (χ1) is 15.9. The lowest BCUT2D eigenvalue weighted by Gasteiger charge is -1.92. The third-order valence-corrected chi connectivity index (χ3v) is 4.13. The minimum absolute atomic E-state index is 1.23. The number of hydrogen-bond donors (Lipinski definition) is 0. The maximum absolute atomic E-state index is 6.50. The summed E-state index contributed by atoms with van der Waals surface area (Å²) in [7, 11) is 0. The highest BCUT2D eigenvalue weighted by Crippen LogP contribution is 2.08. The molecule has 0 unspecified atom stereocenters. The molecule has 0 saturated carbocycles. The molecule has 0 radical (unpaired) electrons. The lowest BCUT2D eigenvalue weighted by molar-refractivity contribution is 1.58. The van der Waals surface area contributed by atoms with Crippen molar-refractivity contribution < 1.29 is 0 Å². The first-order valence-electron chi connectivity index (χ1n) is 9.98. The van der Waals surface area contributed by atoms with E-state index < -0.39 is 0 Å². The van der Waals surface area contributed by atoms with Gasteiger partial charge >= 0.3 is 0 Å². The van der Waals surface area contributed by atoms with Gasteiger partial charge < -0.3 is 0 Å². The Morgan fingerprint density at radius 2 is 0.469 bits per heavy atom. The summed E-state index contributed by atoms with van der Waals surface area (Å²) in [5.74, 6) is 0. The fourth-order valence-electron chi connectivity index (χ4n) is 2.64. The molecule has 0 fully saturated rings. The quantitative estimate of drug-likeness (QED) is 0.318. The average Bonchev–Trinajstić information content (AvgIpc) is 2.91. The van der Waals surface area contributed by atoms with Crippen LogP contribution < -0.4 is 0 Å². The maximum Gasteiger partial charge on any atom is 0.0462 e. The Kier molecular flexibility index (Phi) is 13.7. The van der Waals surface area contributed by atoms with Crippen molar-refractivity contribution in [3.63, 3.8) is 0 Å². The zero-order valence-electron chi connectivity index (χ0n) is 17.9. The van der Waals surface area contributed by atoms with Crippen LogP contribution in [0.5, 0.6) is 0 Å². The van der Waals surface area contributed by atoms with Crippen molar-refractivity contribution in [3.8, 4) is 13.1 Å². The van der Waals surface area contributed by atoms with Crippen LogP contribution in [0.3, 0.4) is 0 Å². The van der Waals surface area contributed by atoms with Crippen LogP contribution in [-0.4, -0.2) is 0 Å². The van der Waals surface area contributed by atoms with Crippen LogP contribution in [0.1, 0.15) is 22.3 Å². The highest BCUT2D eigenvalue weighted by Gasteiger charge is 1.85. The van der Waals surface area contributed by atoms with Crippen molar-refractivity contribution in [1.82, 2.24) is 0 Å². The van der Waals surface area contributed by atoms with E-state index >= 15 is 0 Å². The molecule has 0 aliphatic rings. The van der Waals surface area contributed by atoms with Gasteiger partial charge in [-0.3, -0.25) is 0 Å². The van der Waals surface area contributed by atoms with Gasteiger partial charge in [0.15, 0.2) is 0 Å². The zero-order valence-corrected chi connectivity index (χ0v) is 17.9. The van der Waals surface area contributed by atoms with Gasteiger partial charge in [-0.2, -0.15) is 0 Å². The fourth-order valence-corrected chi connectivity index (χ4v) is 2.64. The largest absolute Gasteiger partial charge is 0.202 e. The summed E-state index contributed by atoms with van der Waals surface area (Å²) in [6, 6.07) is 41.3. The van der Waals surface area contributed by atoms with Gasteiger partial charge in [0.2, 0.25) is 0 Å². The first kappa shape index (κ1) is 25.4. The summed E-state index contributed by atoms with van der Waals surface area (Å²) in [5, 5.41) is 13.0. The van der Waals surface area contributed by atoms with E-state index in [1.165, 1.54) is 22.3 Å². The highest BCUT2D eigenvalue weighted by molar-refractivity contribution is 5.70. The van der Waals surface area contributed by atoms with E-state index in [0.717, 1.165) is 0 Å².